The largest absolute Gasteiger partial charge is 0.481 e. The third-order valence-corrected chi connectivity index (χ3v) is 13.9. The summed E-state index contributed by atoms with van der Waals surface area (Å²) in [6, 6.07) is -12.7. The fraction of sp³-hybridized carbons (Fsp3) is 0.722. The fourth-order valence-corrected chi connectivity index (χ4v) is 9.75. The van der Waals surface area contributed by atoms with Crippen LogP contribution in [0.5, 0.6) is 0 Å². The Morgan fingerprint density at radius 2 is 0.975 bits per heavy atom. The zero-order valence-corrected chi connectivity index (χ0v) is 48.5. The second-order valence-corrected chi connectivity index (χ2v) is 23.3. The van der Waals surface area contributed by atoms with E-state index in [0.717, 1.165) is 0 Å². The van der Waals surface area contributed by atoms with Gasteiger partial charge in [0.1, 0.15) is 54.4 Å². The van der Waals surface area contributed by atoms with Crippen LogP contribution < -0.4 is 48.7 Å². The van der Waals surface area contributed by atoms with Crippen LogP contribution in [-0.2, 0) is 64.0 Å². The standard InChI is InChI=1S/C54H89N13O14/c1-27(2)19-34(60-48(74)36(24-43(69)70)62-45(71)33(15-16-42(55)68)59-51(77)44(56)31(9)10)46(72)61-35(23-32-25-57-26-58-32)47(73)63-37(20-28(3)4)52(78)66-17-11-13-40(66)49(75)64-38(21-29(5)6)53(79)67-18-12-14-41(67)50(76)65-39(54(80)81)22-30(7)8/h25-31,33-41,44H,11-24,56H2,1-10H3,(H2,55,68)(H,57,58)(H,59,77)(H,60,74)(H,61,72)(H,62,71)(H,63,73)(H,64,75)(H,65,76)(H,69,70)(H,80,81)/t33-,34-,35-,36-,37-,38-,39-,40-,41-,44-/m0/s1. The van der Waals surface area contributed by atoms with Crippen molar-refractivity contribution in [1.82, 2.24) is 57.0 Å². The van der Waals surface area contributed by atoms with Crippen LogP contribution in [-0.4, -0.2) is 174 Å². The molecule has 0 saturated carbocycles. The van der Waals surface area contributed by atoms with Crippen LogP contribution in [0, 0.1) is 29.6 Å². The molecule has 0 unspecified atom stereocenters. The van der Waals surface area contributed by atoms with Crippen molar-refractivity contribution in [2.24, 2.45) is 41.1 Å². The van der Waals surface area contributed by atoms with Gasteiger partial charge in [0.05, 0.1) is 18.8 Å². The maximum atomic E-state index is 14.7. The first kappa shape index (κ1) is 68.1. The third-order valence-electron chi connectivity index (χ3n) is 13.9. The zero-order chi connectivity index (χ0) is 61.0. The number of carbonyl (C=O) groups excluding carboxylic acids is 10. The van der Waals surface area contributed by atoms with Crippen LogP contribution >= 0.6 is 0 Å². The highest BCUT2D eigenvalue weighted by atomic mass is 16.4. The Hall–Kier alpha value is -7.19. The summed E-state index contributed by atoms with van der Waals surface area (Å²) in [4.78, 5) is 172. The number of hydrogen-bond acceptors (Lipinski definition) is 14. The van der Waals surface area contributed by atoms with Gasteiger partial charge in [-0.25, -0.2) is 9.78 Å². The number of aromatic nitrogens is 2. The lowest BCUT2D eigenvalue weighted by atomic mass is 9.99. The van der Waals surface area contributed by atoms with E-state index in [1.807, 2.05) is 41.5 Å². The van der Waals surface area contributed by atoms with Gasteiger partial charge < -0.3 is 73.7 Å². The molecule has 3 rings (SSSR count). The van der Waals surface area contributed by atoms with Crippen LogP contribution in [0.1, 0.15) is 146 Å². The molecule has 0 aliphatic carbocycles. The Kier molecular flexibility index (Phi) is 27.2. The molecule has 0 aromatic carbocycles. The van der Waals surface area contributed by atoms with E-state index >= 15 is 0 Å². The average Bonchev–Trinajstić information content (AvgIpc) is 4.28. The smallest absolute Gasteiger partial charge is 0.326 e. The molecule has 27 nitrogen and oxygen atoms in total. The van der Waals surface area contributed by atoms with E-state index in [0.29, 0.717) is 25.0 Å². The molecule has 454 valence electrons. The number of imidazole rings is 1. The highest BCUT2D eigenvalue weighted by Gasteiger charge is 2.43. The molecule has 10 amide bonds. The Balaban J connectivity index is 1.88. The zero-order valence-electron chi connectivity index (χ0n) is 48.5. The summed E-state index contributed by atoms with van der Waals surface area (Å²) >= 11 is 0. The molecule has 0 bridgehead atoms. The van der Waals surface area contributed by atoms with Crippen LogP contribution in [0.2, 0.25) is 0 Å². The highest BCUT2D eigenvalue weighted by molar-refractivity contribution is 5.99. The number of H-pyrrole nitrogens is 1. The van der Waals surface area contributed by atoms with Crippen molar-refractivity contribution >= 4 is 71.0 Å². The van der Waals surface area contributed by atoms with E-state index in [4.69, 9.17) is 11.5 Å². The number of amides is 10. The van der Waals surface area contributed by atoms with Gasteiger partial charge in [0.25, 0.3) is 0 Å². The minimum absolute atomic E-state index is 0.0326. The number of carbonyl (C=O) groups is 12. The van der Waals surface area contributed by atoms with E-state index in [2.05, 4.69) is 47.2 Å². The first-order valence-electron chi connectivity index (χ1n) is 28.1. The molecule has 2 aliphatic rings. The summed E-state index contributed by atoms with van der Waals surface area (Å²) in [6.45, 7) is 18.2. The second kappa shape index (κ2) is 32.3. The summed E-state index contributed by atoms with van der Waals surface area (Å²) in [5, 5.41) is 37.8. The summed E-state index contributed by atoms with van der Waals surface area (Å²) in [7, 11) is 0. The van der Waals surface area contributed by atoms with Crippen LogP contribution in [0.25, 0.3) is 0 Å². The van der Waals surface area contributed by atoms with Gasteiger partial charge in [-0.05, 0) is 87.4 Å². The summed E-state index contributed by atoms with van der Waals surface area (Å²) in [5.41, 5.74) is 11.7. The number of primary amides is 1. The van der Waals surface area contributed by atoms with Crippen molar-refractivity contribution in [1.29, 1.82) is 0 Å². The molecule has 81 heavy (non-hydrogen) atoms. The first-order valence-corrected chi connectivity index (χ1v) is 28.1. The van der Waals surface area contributed by atoms with E-state index in [1.54, 1.807) is 27.7 Å². The maximum Gasteiger partial charge on any atom is 0.326 e. The minimum atomic E-state index is -1.82. The predicted molar refractivity (Wildman–Crippen MR) is 294 cm³/mol. The lowest BCUT2D eigenvalue weighted by Gasteiger charge is -2.33. The number of nitrogens with two attached hydrogens (primary N) is 2. The Morgan fingerprint density at radius 1 is 0.568 bits per heavy atom. The summed E-state index contributed by atoms with van der Waals surface area (Å²) < 4.78 is 0. The number of aliphatic carboxylic acids is 2. The van der Waals surface area contributed by atoms with Gasteiger partial charge in [0.15, 0.2) is 0 Å². The van der Waals surface area contributed by atoms with E-state index in [9.17, 15) is 67.7 Å². The molecule has 3 heterocycles. The first-order chi connectivity index (χ1) is 37.9. The van der Waals surface area contributed by atoms with Gasteiger partial charge in [-0.15, -0.1) is 0 Å². The van der Waals surface area contributed by atoms with Crippen molar-refractivity contribution in [2.75, 3.05) is 13.1 Å². The number of carboxylic acid groups (broad SMARTS) is 2. The molecule has 0 radical (unpaired) electrons. The highest BCUT2D eigenvalue weighted by Crippen LogP contribution is 2.24. The number of aromatic amines is 1. The molecule has 27 heteroatoms. The molecule has 2 fully saturated rings. The molecule has 2 aliphatic heterocycles. The number of carboxylic acids is 2. The van der Waals surface area contributed by atoms with Gasteiger partial charge in [-0.3, -0.25) is 52.7 Å². The van der Waals surface area contributed by atoms with Gasteiger partial charge >= 0.3 is 11.9 Å². The molecular formula is C54H89N13O14. The van der Waals surface area contributed by atoms with Gasteiger partial charge in [-0.2, -0.15) is 0 Å². The summed E-state index contributed by atoms with van der Waals surface area (Å²) in [6.07, 6.45) is 2.71. The van der Waals surface area contributed by atoms with Crippen molar-refractivity contribution in [2.45, 2.75) is 207 Å². The maximum absolute atomic E-state index is 14.7. The molecule has 0 spiro atoms. The Bertz CT molecular complexity index is 2360. The minimum Gasteiger partial charge on any atom is -0.481 e. The molecule has 10 atom stereocenters. The SMILES string of the molecule is CC(C)C[C@H](NC(=O)[C@@H]1CCCN1C(=O)[C@H](CC(C)C)NC(=O)[C@@H]1CCCN1C(=O)[C@H](CC(C)C)NC(=O)[C@H](Cc1cnc[nH]1)NC(=O)[C@H](CC(C)C)NC(=O)[C@H](CC(=O)O)NC(=O)[C@H](CCC(N)=O)NC(=O)[C@@H](N)C(C)C)C(=O)O. The molecule has 14 N–H and O–H groups in total. The number of rotatable bonds is 33. The van der Waals surface area contributed by atoms with E-state index in [1.165, 1.54) is 22.3 Å². The topological polar surface area (TPSA) is 417 Å². The van der Waals surface area contributed by atoms with Gasteiger partial charge in [0, 0.05) is 37.8 Å². The monoisotopic (exact) mass is 1140 g/mol. The van der Waals surface area contributed by atoms with Crippen LogP contribution in [0.4, 0.5) is 0 Å². The van der Waals surface area contributed by atoms with Crippen LogP contribution in [0.15, 0.2) is 12.5 Å². The lowest BCUT2D eigenvalue weighted by Crippen LogP contribution is -2.61. The van der Waals surface area contributed by atoms with E-state index < -0.39 is 138 Å². The van der Waals surface area contributed by atoms with Crippen molar-refractivity contribution in [3.05, 3.63) is 18.2 Å². The predicted octanol–water partition coefficient (Wildman–Crippen LogP) is -0.680. The van der Waals surface area contributed by atoms with E-state index in [-0.39, 0.29) is 94.0 Å². The molecule has 1 aromatic heterocycles. The normalized spacial score (nSPS) is 18.3. The molecule has 1 aromatic rings. The van der Waals surface area contributed by atoms with Gasteiger partial charge in [-0.1, -0.05) is 69.2 Å². The quantitative estimate of drug-likeness (QED) is 0.0415. The van der Waals surface area contributed by atoms with Crippen molar-refractivity contribution in [3.63, 3.8) is 0 Å². The number of hydrogen-bond donors (Lipinski definition) is 12. The third kappa shape index (κ3) is 22.0. The van der Waals surface area contributed by atoms with Crippen molar-refractivity contribution in [3.8, 4) is 0 Å². The summed E-state index contributed by atoms with van der Waals surface area (Å²) in [5.74, 6) is -11.5. The molecule has 2 saturated heterocycles. The Labute approximate surface area is 473 Å². The number of nitrogens with zero attached hydrogens (tertiary/aromatic N) is 3. The lowest BCUT2D eigenvalue weighted by molar-refractivity contribution is -0.146. The van der Waals surface area contributed by atoms with Crippen LogP contribution in [0.3, 0.4) is 0 Å². The molecular weight excluding hydrogens is 1050 g/mol. The number of likely N-dealkylation sites (tertiary alicyclic amines) is 2. The number of nitrogens with one attached hydrogen (secondary N) is 8. The van der Waals surface area contributed by atoms with Gasteiger partial charge in [0.2, 0.25) is 59.1 Å². The average molecular weight is 1140 g/mol. The second-order valence-electron chi connectivity index (χ2n) is 23.3. The fourth-order valence-electron chi connectivity index (χ4n) is 9.75. The van der Waals surface area contributed by atoms with Crippen molar-refractivity contribution < 1.29 is 67.7 Å². The Morgan fingerprint density at radius 3 is 1.43 bits per heavy atom.